The van der Waals surface area contributed by atoms with Crippen LogP contribution in [0.25, 0.3) is 0 Å². The summed E-state index contributed by atoms with van der Waals surface area (Å²) in [5, 5.41) is 18.7. The first kappa shape index (κ1) is 14.4. The summed E-state index contributed by atoms with van der Waals surface area (Å²) in [7, 11) is -0.191. The lowest BCUT2D eigenvalue weighted by atomic mass is 9.79. The van der Waals surface area contributed by atoms with Crippen molar-refractivity contribution >= 4 is 12.6 Å². The van der Waals surface area contributed by atoms with E-state index in [9.17, 15) is 14.4 Å². The molecular formula is C14H14BFO4. The van der Waals surface area contributed by atoms with Crippen LogP contribution >= 0.6 is 0 Å². The summed E-state index contributed by atoms with van der Waals surface area (Å²) < 4.78 is 23.6. The zero-order chi connectivity index (χ0) is 14.5. The topological polar surface area (TPSA) is 58.9 Å². The van der Waals surface area contributed by atoms with Crippen molar-refractivity contribution in [3.63, 3.8) is 0 Å². The smallest absolute Gasteiger partial charge is 0.492 e. The fourth-order valence-corrected chi connectivity index (χ4v) is 1.77. The van der Waals surface area contributed by atoms with E-state index in [1.165, 1.54) is 25.3 Å². The van der Waals surface area contributed by atoms with Crippen LogP contribution in [-0.2, 0) is 6.61 Å². The Kier molecular flexibility index (Phi) is 4.60. The molecule has 0 aromatic heterocycles. The number of ether oxygens (including phenoxy) is 2. The van der Waals surface area contributed by atoms with Crippen molar-refractivity contribution in [2.24, 2.45) is 0 Å². The molecule has 0 aliphatic rings. The maximum absolute atomic E-state index is 13.0. The summed E-state index contributed by atoms with van der Waals surface area (Å²) in [5.74, 6) is 0.458. The average Bonchev–Trinajstić information content (AvgIpc) is 2.45. The van der Waals surface area contributed by atoms with E-state index < -0.39 is 7.12 Å². The van der Waals surface area contributed by atoms with Crippen LogP contribution in [0.5, 0.6) is 11.5 Å². The molecule has 2 aromatic rings. The van der Waals surface area contributed by atoms with Crippen molar-refractivity contribution in [1.82, 2.24) is 0 Å². The molecule has 0 unspecified atom stereocenters. The number of hydrogen-bond donors (Lipinski definition) is 2. The Bertz CT molecular complexity index is 589. The van der Waals surface area contributed by atoms with Gasteiger partial charge in [-0.3, -0.25) is 0 Å². The Balaban J connectivity index is 2.16. The van der Waals surface area contributed by atoms with Gasteiger partial charge in [0, 0.05) is 5.46 Å². The SMILES string of the molecule is COc1ccc(OCc2cccc(F)c2)c(B(O)O)c1. The highest BCUT2D eigenvalue weighted by atomic mass is 19.1. The average molecular weight is 276 g/mol. The van der Waals surface area contributed by atoms with Gasteiger partial charge in [0.05, 0.1) is 7.11 Å². The normalized spacial score (nSPS) is 10.2. The molecule has 2 N–H and O–H groups in total. The van der Waals surface area contributed by atoms with Gasteiger partial charge >= 0.3 is 7.12 Å². The van der Waals surface area contributed by atoms with Gasteiger partial charge in [0.1, 0.15) is 23.9 Å². The van der Waals surface area contributed by atoms with E-state index in [0.717, 1.165) is 0 Å². The van der Waals surface area contributed by atoms with E-state index in [1.54, 1.807) is 24.3 Å². The molecule has 0 heterocycles. The molecule has 6 heteroatoms. The van der Waals surface area contributed by atoms with Gasteiger partial charge in [-0.15, -0.1) is 0 Å². The highest BCUT2D eigenvalue weighted by molar-refractivity contribution is 6.59. The molecule has 0 fully saturated rings. The number of rotatable bonds is 5. The Labute approximate surface area is 116 Å². The fraction of sp³-hybridized carbons (Fsp3) is 0.143. The van der Waals surface area contributed by atoms with Crippen LogP contribution < -0.4 is 14.9 Å². The third kappa shape index (κ3) is 3.49. The first-order valence-corrected chi connectivity index (χ1v) is 6.01. The van der Waals surface area contributed by atoms with Crippen LogP contribution in [0.2, 0.25) is 0 Å². The van der Waals surface area contributed by atoms with Crippen molar-refractivity contribution in [3.8, 4) is 11.5 Å². The van der Waals surface area contributed by atoms with Gasteiger partial charge in [0.15, 0.2) is 0 Å². The van der Waals surface area contributed by atoms with E-state index in [1.807, 2.05) is 0 Å². The monoisotopic (exact) mass is 276 g/mol. The molecule has 0 saturated heterocycles. The maximum Gasteiger partial charge on any atom is 0.492 e. The Hall–Kier alpha value is -2.05. The van der Waals surface area contributed by atoms with Crippen LogP contribution in [0.3, 0.4) is 0 Å². The molecule has 4 nitrogen and oxygen atoms in total. The number of hydrogen-bond acceptors (Lipinski definition) is 4. The third-order valence-electron chi connectivity index (χ3n) is 2.78. The summed E-state index contributed by atoms with van der Waals surface area (Å²) in [5.41, 5.74) is 0.847. The first-order chi connectivity index (χ1) is 9.60. The van der Waals surface area contributed by atoms with Crippen molar-refractivity contribution in [2.45, 2.75) is 6.61 Å². The molecule has 0 atom stereocenters. The Morgan fingerprint density at radius 2 is 1.95 bits per heavy atom. The molecule has 104 valence electrons. The number of methoxy groups -OCH3 is 1. The number of benzene rings is 2. The van der Waals surface area contributed by atoms with E-state index >= 15 is 0 Å². The summed E-state index contributed by atoms with van der Waals surface area (Å²) in [4.78, 5) is 0. The van der Waals surface area contributed by atoms with E-state index in [2.05, 4.69) is 0 Å². The minimum atomic E-state index is -1.67. The summed E-state index contributed by atoms with van der Waals surface area (Å²) in [6.45, 7) is 0.129. The molecule has 2 rings (SSSR count). The van der Waals surface area contributed by atoms with E-state index in [-0.39, 0.29) is 17.9 Å². The molecular weight excluding hydrogens is 262 g/mol. The van der Waals surface area contributed by atoms with Gasteiger partial charge in [0.25, 0.3) is 0 Å². The van der Waals surface area contributed by atoms with Crippen molar-refractivity contribution < 1.29 is 23.9 Å². The second-order valence-electron chi connectivity index (χ2n) is 4.20. The van der Waals surface area contributed by atoms with Crippen molar-refractivity contribution in [2.75, 3.05) is 7.11 Å². The van der Waals surface area contributed by atoms with Gasteiger partial charge in [-0.25, -0.2) is 4.39 Å². The lowest BCUT2D eigenvalue weighted by molar-refractivity contribution is 0.305. The van der Waals surface area contributed by atoms with Crippen molar-refractivity contribution in [3.05, 3.63) is 53.8 Å². The predicted octanol–water partition coefficient (Wildman–Crippen LogP) is 1.09. The zero-order valence-electron chi connectivity index (χ0n) is 10.9. The summed E-state index contributed by atoms with van der Waals surface area (Å²) >= 11 is 0. The lowest BCUT2D eigenvalue weighted by Gasteiger charge is -2.12. The van der Waals surface area contributed by atoms with Gasteiger partial charge in [0.2, 0.25) is 0 Å². The first-order valence-electron chi connectivity index (χ1n) is 6.01. The van der Waals surface area contributed by atoms with Crippen LogP contribution in [0.4, 0.5) is 4.39 Å². The second-order valence-corrected chi connectivity index (χ2v) is 4.20. The molecule has 2 aromatic carbocycles. The molecule has 0 aliphatic heterocycles. The second kappa shape index (κ2) is 6.41. The van der Waals surface area contributed by atoms with E-state index in [0.29, 0.717) is 17.1 Å². The fourth-order valence-electron chi connectivity index (χ4n) is 1.77. The molecule has 0 bridgehead atoms. The molecule has 0 amide bonds. The Morgan fingerprint density at radius 1 is 1.15 bits per heavy atom. The molecule has 0 radical (unpaired) electrons. The van der Waals surface area contributed by atoms with Crippen LogP contribution in [0.1, 0.15) is 5.56 Å². The molecule has 0 aliphatic carbocycles. The van der Waals surface area contributed by atoms with Gasteiger partial charge in [-0.1, -0.05) is 12.1 Å². The van der Waals surface area contributed by atoms with E-state index in [4.69, 9.17) is 9.47 Å². The molecule has 0 saturated carbocycles. The molecule has 0 spiro atoms. The highest BCUT2D eigenvalue weighted by Gasteiger charge is 2.18. The van der Waals surface area contributed by atoms with Crippen LogP contribution in [0, 0.1) is 5.82 Å². The molecule has 20 heavy (non-hydrogen) atoms. The highest BCUT2D eigenvalue weighted by Crippen LogP contribution is 2.17. The standard InChI is InChI=1S/C14H14BFO4/c1-19-12-5-6-14(13(8-12)15(17)18)20-9-10-3-2-4-11(16)7-10/h2-8,17-18H,9H2,1H3. The number of halogens is 1. The van der Waals surface area contributed by atoms with Gasteiger partial charge < -0.3 is 19.5 Å². The zero-order valence-corrected chi connectivity index (χ0v) is 10.9. The lowest BCUT2D eigenvalue weighted by Crippen LogP contribution is -2.31. The van der Waals surface area contributed by atoms with Crippen LogP contribution in [0.15, 0.2) is 42.5 Å². The minimum Gasteiger partial charge on any atom is -0.497 e. The summed E-state index contributed by atoms with van der Waals surface area (Å²) in [6.07, 6.45) is 0. The quantitative estimate of drug-likeness (QED) is 0.803. The summed E-state index contributed by atoms with van der Waals surface area (Å²) in [6, 6.07) is 10.7. The third-order valence-corrected chi connectivity index (χ3v) is 2.78. The minimum absolute atomic E-state index is 0.129. The van der Waals surface area contributed by atoms with Crippen molar-refractivity contribution in [1.29, 1.82) is 0 Å². The largest absolute Gasteiger partial charge is 0.497 e. The van der Waals surface area contributed by atoms with Gasteiger partial charge in [-0.05, 0) is 35.9 Å². The van der Waals surface area contributed by atoms with Crippen LogP contribution in [-0.4, -0.2) is 24.3 Å². The Morgan fingerprint density at radius 3 is 2.60 bits per heavy atom. The van der Waals surface area contributed by atoms with Gasteiger partial charge in [-0.2, -0.15) is 0 Å². The predicted molar refractivity (Wildman–Crippen MR) is 73.6 cm³/mol. The maximum atomic E-state index is 13.0.